The number of carbonyl (C=O) groups excluding carboxylic acids is 2. The summed E-state index contributed by atoms with van der Waals surface area (Å²) in [5.41, 5.74) is 1.10. The van der Waals surface area contributed by atoms with Crippen LogP contribution in [0.25, 0.3) is 0 Å². The highest BCUT2D eigenvalue weighted by Gasteiger charge is 2.34. The van der Waals surface area contributed by atoms with Crippen molar-refractivity contribution in [1.29, 1.82) is 0 Å². The van der Waals surface area contributed by atoms with Gasteiger partial charge in [-0.1, -0.05) is 11.6 Å². The van der Waals surface area contributed by atoms with E-state index in [1.807, 2.05) is 4.90 Å². The highest BCUT2D eigenvalue weighted by Crippen LogP contribution is 2.26. The molecule has 0 unspecified atom stereocenters. The summed E-state index contributed by atoms with van der Waals surface area (Å²) in [6.45, 7) is 4.16. The molecule has 5 nitrogen and oxygen atoms in total. The largest absolute Gasteiger partial charge is 0.332 e. The van der Waals surface area contributed by atoms with Crippen LogP contribution >= 0.6 is 11.6 Å². The third kappa shape index (κ3) is 3.31. The molecule has 2 aliphatic heterocycles. The molecule has 1 aromatic carbocycles. The number of hydrogen-bond donors (Lipinski definition) is 0. The van der Waals surface area contributed by atoms with E-state index in [-0.39, 0.29) is 23.9 Å². The maximum absolute atomic E-state index is 12.9. The van der Waals surface area contributed by atoms with E-state index in [1.54, 1.807) is 24.3 Å². The number of amides is 2. The van der Waals surface area contributed by atoms with Crippen molar-refractivity contribution < 1.29 is 9.59 Å². The fourth-order valence-corrected chi connectivity index (χ4v) is 3.59. The van der Waals surface area contributed by atoms with E-state index in [2.05, 4.69) is 18.9 Å². The number of benzene rings is 1. The highest BCUT2D eigenvalue weighted by molar-refractivity contribution is 6.40. The van der Waals surface area contributed by atoms with Crippen LogP contribution in [-0.4, -0.2) is 34.5 Å². The molecule has 1 fully saturated rings. The minimum Gasteiger partial charge on any atom is -0.332 e. The molecule has 24 heavy (non-hydrogen) atoms. The lowest BCUT2D eigenvalue weighted by molar-refractivity contribution is -0.130. The van der Waals surface area contributed by atoms with E-state index < -0.39 is 0 Å². The first-order valence-electron chi connectivity index (χ1n) is 8.46. The smallest absolute Gasteiger partial charge is 0.270 e. The first-order valence-corrected chi connectivity index (χ1v) is 8.84. The first kappa shape index (κ1) is 17.0. The number of piperidine rings is 1. The molecule has 0 aliphatic carbocycles. The van der Waals surface area contributed by atoms with Crippen molar-refractivity contribution in [2.45, 2.75) is 58.0 Å². The Morgan fingerprint density at radius 2 is 1.75 bits per heavy atom. The average molecular weight is 348 g/mol. The Morgan fingerprint density at radius 3 is 2.38 bits per heavy atom. The van der Waals surface area contributed by atoms with E-state index in [1.165, 1.54) is 5.01 Å². The van der Waals surface area contributed by atoms with Crippen molar-refractivity contribution in [2.24, 2.45) is 5.10 Å². The predicted molar refractivity (Wildman–Crippen MR) is 95.2 cm³/mol. The molecular formula is C18H22ClN3O2. The minimum absolute atomic E-state index is 0.0406. The van der Waals surface area contributed by atoms with E-state index in [0.29, 0.717) is 29.3 Å². The van der Waals surface area contributed by atoms with Gasteiger partial charge in [-0.25, -0.2) is 5.01 Å². The van der Waals surface area contributed by atoms with Gasteiger partial charge in [-0.15, -0.1) is 0 Å². The lowest BCUT2D eigenvalue weighted by Gasteiger charge is -2.39. The van der Waals surface area contributed by atoms with Crippen LogP contribution in [0.2, 0.25) is 5.02 Å². The second-order valence-electron chi connectivity index (χ2n) is 6.57. The lowest BCUT2D eigenvalue weighted by atomic mass is 9.96. The van der Waals surface area contributed by atoms with Crippen LogP contribution in [0.1, 0.15) is 46.0 Å². The van der Waals surface area contributed by atoms with Crippen LogP contribution in [-0.2, 0) is 9.59 Å². The molecule has 1 saturated heterocycles. The summed E-state index contributed by atoms with van der Waals surface area (Å²) in [6, 6.07) is 7.33. The van der Waals surface area contributed by atoms with Gasteiger partial charge in [-0.05, 0) is 57.4 Å². The quantitative estimate of drug-likeness (QED) is 0.820. The van der Waals surface area contributed by atoms with E-state index >= 15 is 0 Å². The number of nitrogens with zero attached hydrogens (tertiary/aromatic N) is 3. The SMILES string of the molecule is C[C@H]1CCC[C@H](C)N1C(=O)C1=NN(c2ccc(Cl)cc2)C(=O)CC1. The van der Waals surface area contributed by atoms with Crippen molar-refractivity contribution in [2.75, 3.05) is 5.01 Å². The van der Waals surface area contributed by atoms with Gasteiger partial charge in [0.25, 0.3) is 5.91 Å². The van der Waals surface area contributed by atoms with Gasteiger partial charge in [-0.3, -0.25) is 9.59 Å². The molecule has 0 radical (unpaired) electrons. The van der Waals surface area contributed by atoms with Gasteiger partial charge in [0.1, 0.15) is 5.71 Å². The Bertz CT molecular complexity index is 661. The van der Waals surface area contributed by atoms with E-state index in [9.17, 15) is 9.59 Å². The molecule has 0 saturated carbocycles. The van der Waals surface area contributed by atoms with Gasteiger partial charge >= 0.3 is 0 Å². The lowest BCUT2D eigenvalue weighted by Crippen LogP contribution is -2.51. The van der Waals surface area contributed by atoms with Gasteiger partial charge in [0.2, 0.25) is 5.91 Å². The number of anilines is 1. The number of hydrazone groups is 1. The normalized spacial score (nSPS) is 24.8. The summed E-state index contributed by atoms with van der Waals surface area (Å²) in [6.07, 6.45) is 3.88. The third-order valence-electron chi connectivity index (χ3n) is 4.78. The highest BCUT2D eigenvalue weighted by atomic mass is 35.5. The molecule has 0 N–H and O–H groups in total. The Balaban J connectivity index is 1.87. The zero-order valence-corrected chi connectivity index (χ0v) is 14.8. The maximum atomic E-state index is 12.9. The van der Waals surface area contributed by atoms with E-state index in [4.69, 9.17) is 11.6 Å². The van der Waals surface area contributed by atoms with Crippen molar-refractivity contribution in [1.82, 2.24) is 4.90 Å². The third-order valence-corrected chi connectivity index (χ3v) is 5.03. The zero-order valence-electron chi connectivity index (χ0n) is 14.0. The Labute approximate surface area is 147 Å². The summed E-state index contributed by atoms with van der Waals surface area (Å²) in [5, 5.41) is 6.30. The second-order valence-corrected chi connectivity index (χ2v) is 7.01. The molecule has 0 bridgehead atoms. The van der Waals surface area contributed by atoms with Crippen molar-refractivity contribution in [3.05, 3.63) is 29.3 Å². The van der Waals surface area contributed by atoms with Gasteiger partial charge in [-0.2, -0.15) is 5.10 Å². The number of rotatable bonds is 2. The van der Waals surface area contributed by atoms with Crippen LogP contribution in [0.5, 0.6) is 0 Å². The minimum atomic E-state index is -0.103. The number of halogens is 1. The molecule has 1 aromatic rings. The topological polar surface area (TPSA) is 53.0 Å². The number of likely N-dealkylation sites (tertiary alicyclic amines) is 1. The van der Waals surface area contributed by atoms with Gasteiger partial charge < -0.3 is 4.90 Å². The molecule has 0 aromatic heterocycles. The molecule has 2 amide bonds. The fraction of sp³-hybridized carbons (Fsp3) is 0.500. The number of hydrogen-bond acceptors (Lipinski definition) is 3. The summed E-state index contributed by atoms with van der Waals surface area (Å²) >= 11 is 5.90. The maximum Gasteiger partial charge on any atom is 0.270 e. The van der Waals surface area contributed by atoms with Gasteiger partial charge in [0.15, 0.2) is 0 Å². The van der Waals surface area contributed by atoms with Crippen LogP contribution in [0.4, 0.5) is 5.69 Å². The molecule has 2 atom stereocenters. The van der Waals surface area contributed by atoms with E-state index in [0.717, 1.165) is 19.3 Å². The van der Waals surface area contributed by atoms with Crippen LogP contribution in [0.15, 0.2) is 29.4 Å². The monoisotopic (exact) mass is 347 g/mol. The molecular weight excluding hydrogens is 326 g/mol. The summed E-state index contributed by atoms with van der Waals surface area (Å²) < 4.78 is 0. The second kappa shape index (κ2) is 6.93. The molecule has 3 rings (SSSR count). The van der Waals surface area contributed by atoms with Crippen molar-refractivity contribution in [3.63, 3.8) is 0 Å². The van der Waals surface area contributed by atoms with Crippen LogP contribution < -0.4 is 5.01 Å². The zero-order chi connectivity index (χ0) is 17.3. The first-order chi connectivity index (χ1) is 11.5. The summed E-state index contributed by atoms with van der Waals surface area (Å²) in [7, 11) is 0. The van der Waals surface area contributed by atoms with Crippen molar-refractivity contribution in [3.8, 4) is 0 Å². The molecule has 0 spiro atoms. The molecule has 2 heterocycles. The van der Waals surface area contributed by atoms with Crippen molar-refractivity contribution >= 4 is 34.8 Å². The van der Waals surface area contributed by atoms with Crippen LogP contribution in [0, 0.1) is 0 Å². The molecule has 6 heteroatoms. The molecule has 2 aliphatic rings. The Kier molecular flexibility index (Phi) is 4.90. The summed E-state index contributed by atoms with van der Waals surface area (Å²) in [5.74, 6) is -0.144. The van der Waals surface area contributed by atoms with Crippen LogP contribution in [0.3, 0.4) is 0 Å². The predicted octanol–water partition coefficient (Wildman–Crippen LogP) is 3.61. The Morgan fingerprint density at radius 1 is 1.12 bits per heavy atom. The van der Waals surface area contributed by atoms with Gasteiger partial charge in [0.05, 0.1) is 5.69 Å². The Hall–Kier alpha value is -1.88. The summed E-state index contributed by atoms with van der Waals surface area (Å²) in [4.78, 5) is 27.1. The van der Waals surface area contributed by atoms with Gasteiger partial charge in [0, 0.05) is 29.9 Å². The fourth-order valence-electron chi connectivity index (χ4n) is 3.46. The molecule has 128 valence electrons. The average Bonchev–Trinajstić information content (AvgIpc) is 2.56. The standard InChI is InChI=1S/C18H22ClN3O2/c1-12-4-3-5-13(2)21(12)18(24)16-10-11-17(23)22(20-16)15-8-6-14(19)7-9-15/h6-9,12-13H,3-5,10-11H2,1-2H3/t12-,13-/m0/s1. The number of carbonyl (C=O) groups is 2.